The van der Waals surface area contributed by atoms with Crippen LogP contribution >= 0.6 is 24.0 Å². The topological polar surface area (TPSA) is 58.6 Å². The molecule has 1 aliphatic heterocycles. The average Bonchev–Trinajstić information content (AvgIpc) is 2.95. The number of ether oxygens (including phenoxy) is 1. The van der Waals surface area contributed by atoms with Crippen molar-refractivity contribution in [2.75, 3.05) is 18.5 Å². The van der Waals surface area contributed by atoms with Gasteiger partial charge in [-0.15, -0.1) is 0 Å². The van der Waals surface area contributed by atoms with E-state index < -0.39 is 0 Å². The fraction of sp³-hybridized carbons (Fsp3) is 0.190. The summed E-state index contributed by atoms with van der Waals surface area (Å²) in [5, 5.41) is 2.79. The molecule has 0 aromatic heterocycles. The standard InChI is InChI=1S/C21H20N2O3S2/c1-3-23-20(25)18(28-21(23)27)12-15-6-10-17(11-7-15)26-13-19(24)22-16-8-4-14(2)5-9-16/h4-12H,3,13H2,1-2H3,(H,22,24)/b18-12-. The van der Waals surface area contributed by atoms with Gasteiger partial charge in [-0.1, -0.05) is 53.8 Å². The van der Waals surface area contributed by atoms with Crippen molar-refractivity contribution in [3.05, 3.63) is 64.6 Å². The van der Waals surface area contributed by atoms with Crippen LogP contribution in [0.3, 0.4) is 0 Å². The minimum atomic E-state index is -0.226. The van der Waals surface area contributed by atoms with E-state index >= 15 is 0 Å². The van der Waals surface area contributed by atoms with Crippen LogP contribution in [0, 0.1) is 6.92 Å². The highest BCUT2D eigenvalue weighted by Crippen LogP contribution is 2.32. The summed E-state index contributed by atoms with van der Waals surface area (Å²) < 4.78 is 6.11. The maximum Gasteiger partial charge on any atom is 0.266 e. The van der Waals surface area contributed by atoms with Crippen LogP contribution in [-0.4, -0.2) is 34.2 Å². The maximum atomic E-state index is 12.2. The number of thiocarbonyl (C=S) groups is 1. The highest BCUT2D eigenvalue weighted by Gasteiger charge is 2.30. The van der Waals surface area contributed by atoms with Gasteiger partial charge in [-0.2, -0.15) is 0 Å². The number of carbonyl (C=O) groups is 2. The Kier molecular flexibility index (Phi) is 6.49. The second-order valence-corrected chi connectivity index (χ2v) is 7.87. The molecule has 5 nitrogen and oxygen atoms in total. The average molecular weight is 413 g/mol. The highest BCUT2D eigenvalue weighted by atomic mass is 32.2. The third-order valence-electron chi connectivity index (χ3n) is 4.07. The number of nitrogens with zero attached hydrogens (tertiary/aromatic N) is 1. The number of amides is 2. The van der Waals surface area contributed by atoms with Gasteiger partial charge in [-0.05, 0) is 49.8 Å². The Morgan fingerprint density at radius 2 is 1.86 bits per heavy atom. The summed E-state index contributed by atoms with van der Waals surface area (Å²) in [6.45, 7) is 4.38. The lowest BCUT2D eigenvalue weighted by molar-refractivity contribution is -0.122. The second kappa shape index (κ2) is 9.03. The lowest BCUT2D eigenvalue weighted by atomic mass is 10.2. The first-order valence-electron chi connectivity index (χ1n) is 8.81. The Morgan fingerprint density at radius 1 is 1.18 bits per heavy atom. The predicted octanol–water partition coefficient (Wildman–Crippen LogP) is 4.23. The van der Waals surface area contributed by atoms with Crippen LogP contribution in [0.5, 0.6) is 5.75 Å². The number of likely N-dealkylation sites (N-methyl/N-ethyl adjacent to an activating group) is 1. The summed E-state index contributed by atoms with van der Waals surface area (Å²) in [5.74, 6) is 0.291. The first-order chi connectivity index (χ1) is 13.5. The molecule has 3 rings (SSSR count). The van der Waals surface area contributed by atoms with Crippen molar-refractivity contribution >= 4 is 51.9 Å². The predicted molar refractivity (Wildman–Crippen MR) is 117 cm³/mol. The van der Waals surface area contributed by atoms with Gasteiger partial charge in [-0.3, -0.25) is 14.5 Å². The first-order valence-corrected chi connectivity index (χ1v) is 10.0. The summed E-state index contributed by atoms with van der Waals surface area (Å²) in [4.78, 5) is 26.4. The molecular weight excluding hydrogens is 392 g/mol. The lowest BCUT2D eigenvalue weighted by Crippen LogP contribution is -2.27. The van der Waals surface area contributed by atoms with Gasteiger partial charge in [-0.25, -0.2) is 0 Å². The van der Waals surface area contributed by atoms with E-state index in [2.05, 4.69) is 5.32 Å². The van der Waals surface area contributed by atoms with Crippen LogP contribution in [0.25, 0.3) is 6.08 Å². The van der Waals surface area contributed by atoms with Gasteiger partial charge in [0.25, 0.3) is 11.8 Å². The number of hydrogen-bond donors (Lipinski definition) is 1. The maximum absolute atomic E-state index is 12.2. The normalized spacial score (nSPS) is 15.2. The van der Waals surface area contributed by atoms with E-state index in [0.717, 1.165) is 16.8 Å². The summed E-state index contributed by atoms with van der Waals surface area (Å²) in [6.07, 6.45) is 1.81. The highest BCUT2D eigenvalue weighted by molar-refractivity contribution is 8.26. The smallest absolute Gasteiger partial charge is 0.266 e. The van der Waals surface area contributed by atoms with E-state index in [0.29, 0.717) is 21.5 Å². The molecule has 2 amide bonds. The quantitative estimate of drug-likeness (QED) is 0.568. The number of hydrogen-bond acceptors (Lipinski definition) is 5. The molecule has 1 fully saturated rings. The van der Waals surface area contributed by atoms with E-state index in [1.807, 2.05) is 56.3 Å². The van der Waals surface area contributed by atoms with Gasteiger partial charge in [0.15, 0.2) is 6.61 Å². The molecule has 2 aromatic carbocycles. The Morgan fingerprint density at radius 3 is 2.46 bits per heavy atom. The number of rotatable bonds is 6. The van der Waals surface area contributed by atoms with Crippen molar-refractivity contribution < 1.29 is 14.3 Å². The van der Waals surface area contributed by atoms with Gasteiger partial charge in [0.1, 0.15) is 10.1 Å². The number of nitrogens with one attached hydrogen (secondary N) is 1. The summed E-state index contributed by atoms with van der Waals surface area (Å²) >= 11 is 6.52. The first kappa shape index (κ1) is 20.1. The third-order valence-corrected chi connectivity index (χ3v) is 5.45. The van der Waals surface area contributed by atoms with Gasteiger partial charge in [0.05, 0.1) is 4.91 Å². The number of carbonyl (C=O) groups excluding carboxylic acids is 2. The molecule has 1 aliphatic rings. The Bertz CT molecular complexity index is 922. The molecule has 0 bridgehead atoms. The summed E-state index contributed by atoms with van der Waals surface area (Å²) in [6, 6.07) is 14.8. The van der Waals surface area contributed by atoms with Crippen LogP contribution in [0.1, 0.15) is 18.1 Å². The van der Waals surface area contributed by atoms with Gasteiger partial charge < -0.3 is 10.1 Å². The van der Waals surface area contributed by atoms with Crippen molar-refractivity contribution in [2.24, 2.45) is 0 Å². The molecule has 0 spiro atoms. The minimum Gasteiger partial charge on any atom is -0.484 e. The molecule has 1 N–H and O–H groups in total. The third kappa shape index (κ3) is 4.99. The van der Waals surface area contributed by atoms with Gasteiger partial charge in [0, 0.05) is 12.2 Å². The lowest BCUT2D eigenvalue weighted by Gasteiger charge is -2.09. The van der Waals surface area contributed by atoms with Gasteiger partial charge >= 0.3 is 0 Å². The molecule has 0 aliphatic carbocycles. The van der Waals surface area contributed by atoms with E-state index in [1.165, 1.54) is 11.8 Å². The summed E-state index contributed by atoms with van der Waals surface area (Å²) in [7, 11) is 0. The Balaban J connectivity index is 1.55. The number of benzene rings is 2. The van der Waals surface area contributed by atoms with E-state index in [4.69, 9.17) is 17.0 Å². The van der Waals surface area contributed by atoms with Crippen LogP contribution in [-0.2, 0) is 9.59 Å². The zero-order chi connectivity index (χ0) is 20.1. The molecule has 2 aromatic rings. The molecule has 28 heavy (non-hydrogen) atoms. The molecule has 0 radical (unpaired) electrons. The van der Waals surface area contributed by atoms with E-state index in [1.54, 1.807) is 17.0 Å². The van der Waals surface area contributed by atoms with E-state index in [9.17, 15) is 9.59 Å². The molecule has 0 unspecified atom stereocenters. The molecule has 7 heteroatoms. The Labute approximate surface area is 173 Å². The van der Waals surface area contributed by atoms with Crippen LogP contribution in [0.2, 0.25) is 0 Å². The number of thioether (sulfide) groups is 1. The van der Waals surface area contributed by atoms with Crippen molar-refractivity contribution in [1.82, 2.24) is 4.90 Å². The fourth-order valence-corrected chi connectivity index (χ4v) is 3.95. The monoisotopic (exact) mass is 412 g/mol. The molecule has 144 valence electrons. The molecule has 0 atom stereocenters. The Hall–Kier alpha value is -2.64. The fourth-order valence-electron chi connectivity index (χ4n) is 2.57. The van der Waals surface area contributed by atoms with Gasteiger partial charge in [0.2, 0.25) is 0 Å². The molecular formula is C21H20N2O3S2. The van der Waals surface area contributed by atoms with Crippen molar-refractivity contribution in [2.45, 2.75) is 13.8 Å². The number of anilines is 1. The van der Waals surface area contributed by atoms with Crippen molar-refractivity contribution in [3.63, 3.8) is 0 Å². The van der Waals surface area contributed by atoms with Crippen molar-refractivity contribution in [1.29, 1.82) is 0 Å². The largest absolute Gasteiger partial charge is 0.484 e. The van der Waals surface area contributed by atoms with Crippen LogP contribution in [0.4, 0.5) is 5.69 Å². The molecule has 0 saturated carbocycles. The zero-order valence-corrected chi connectivity index (χ0v) is 17.2. The molecule has 1 heterocycles. The minimum absolute atomic E-state index is 0.0643. The zero-order valence-electron chi connectivity index (χ0n) is 15.6. The van der Waals surface area contributed by atoms with E-state index in [-0.39, 0.29) is 18.4 Å². The SMILES string of the molecule is CCN1C(=O)/C(=C/c2ccc(OCC(=O)Nc3ccc(C)cc3)cc2)SC1=S. The van der Waals surface area contributed by atoms with Crippen LogP contribution < -0.4 is 10.1 Å². The summed E-state index contributed by atoms with van der Waals surface area (Å²) in [5.41, 5.74) is 2.73. The second-order valence-electron chi connectivity index (χ2n) is 6.20. The molecule has 1 saturated heterocycles. The number of aryl methyl sites for hydroxylation is 1. The van der Waals surface area contributed by atoms with Crippen LogP contribution in [0.15, 0.2) is 53.4 Å². The van der Waals surface area contributed by atoms with Crippen molar-refractivity contribution in [3.8, 4) is 5.75 Å².